The molecule has 0 aliphatic carbocycles. The molecule has 2 aromatic carbocycles. The zero-order valence-corrected chi connectivity index (χ0v) is 13.1. The van der Waals surface area contributed by atoms with Gasteiger partial charge in [0.25, 0.3) is 5.91 Å². The Balaban J connectivity index is 1.40. The summed E-state index contributed by atoms with van der Waals surface area (Å²) in [6, 6.07) is 15.5. The van der Waals surface area contributed by atoms with Crippen molar-refractivity contribution < 1.29 is 4.79 Å². The van der Waals surface area contributed by atoms with E-state index >= 15 is 0 Å². The molecule has 0 fully saturated rings. The second-order valence-corrected chi connectivity index (χ2v) is 6.03. The van der Waals surface area contributed by atoms with Crippen LogP contribution in [0, 0.1) is 0 Å². The molecule has 114 valence electrons. The summed E-state index contributed by atoms with van der Waals surface area (Å²) in [5, 5.41) is 3.60. The van der Waals surface area contributed by atoms with E-state index in [-0.39, 0.29) is 5.91 Å². The summed E-state index contributed by atoms with van der Waals surface area (Å²) in [5.41, 5.74) is 3.50. The summed E-state index contributed by atoms with van der Waals surface area (Å²) in [5.74, 6) is -0.0404. The molecule has 1 amide bonds. The van der Waals surface area contributed by atoms with Crippen molar-refractivity contribution in [1.82, 2.24) is 10.2 Å². The third kappa shape index (κ3) is 3.67. The minimum absolute atomic E-state index is 0.0404. The fourth-order valence-electron chi connectivity index (χ4n) is 2.77. The fraction of sp³-hybridized carbons (Fsp3) is 0.278. The molecular formula is C18H19ClN2O. The lowest BCUT2D eigenvalue weighted by Gasteiger charge is -2.14. The Morgan fingerprint density at radius 1 is 1.05 bits per heavy atom. The van der Waals surface area contributed by atoms with Crippen molar-refractivity contribution in [3.8, 4) is 0 Å². The Morgan fingerprint density at radius 2 is 1.68 bits per heavy atom. The number of carbonyl (C=O) groups excluding carboxylic acids is 1. The average molecular weight is 315 g/mol. The van der Waals surface area contributed by atoms with Crippen molar-refractivity contribution >= 4 is 17.5 Å². The Bertz CT molecular complexity index is 629. The molecule has 1 N–H and O–H groups in total. The summed E-state index contributed by atoms with van der Waals surface area (Å²) >= 11 is 5.82. The molecule has 4 heteroatoms. The predicted octanol–water partition coefficient (Wildman–Crippen LogP) is 3.48. The van der Waals surface area contributed by atoms with Crippen LogP contribution in [0.15, 0.2) is 48.5 Å². The topological polar surface area (TPSA) is 32.3 Å². The molecule has 3 nitrogen and oxygen atoms in total. The van der Waals surface area contributed by atoms with Gasteiger partial charge >= 0.3 is 0 Å². The maximum atomic E-state index is 12.0. The van der Waals surface area contributed by atoms with Gasteiger partial charge in [-0.05, 0) is 41.8 Å². The molecule has 2 aromatic rings. The summed E-state index contributed by atoms with van der Waals surface area (Å²) in [6.45, 7) is 3.71. The smallest absolute Gasteiger partial charge is 0.251 e. The molecule has 0 saturated heterocycles. The van der Waals surface area contributed by atoms with Crippen LogP contribution in [-0.4, -0.2) is 23.9 Å². The Hall–Kier alpha value is -1.84. The van der Waals surface area contributed by atoms with Gasteiger partial charge in [-0.1, -0.05) is 35.9 Å². The first-order chi connectivity index (χ1) is 10.7. The molecule has 1 aliphatic rings. The van der Waals surface area contributed by atoms with Crippen LogP contribution in [0.3, 0.4) is 0 Å². The van der Waals surface area contributed by atoms with Crippen LogP contribution in [0.4, 0.5) is 0 Å². The first-order valence-electron chi connectivity index (χ1n) is 7.55. The number of hydrogen-bond acceptors (Lipinski definition) is 2. The summed E-state index contributed by atoms with van der Waals surface area (Å²) in [6.07, 6.45) is 0.952. The van der Waals surface area contributed by atoms with E-state index < -0.39 is 0 Å². The van der Waals surface area contributed by atoms with Crippen molar-refractivity contribution in [3.63, 3.8) is 0 Å². The van der Waals surface area contributed by atoms with Crippen molar-refractivity contribution in [1.29, 1.82) is 0 Å². The van der Waals surface area contributed by atoms with E-state index in [2.05, 4.69) is 34.5 Å². The van der Waals surface area contributed by atoms with E-state index in [1.165, 1.54) is 11.1 Å². The number of fused-ring (bicyclic) bond motifs is 1. The first kappa shape index (κ1) is 15.1. The number of hydrogen-bond donors (Lipinski definition) is 1. The molecule has 0 spiro atoms. The van der Waals surface area contributed by atoms with Crippen molar-refractivity contribution in [2.24, 2.45) is 0 Å². The molecule has 0 bridgehead atoms. The summed E-state index contributed by atoms with van der Waals surface area (Å²) in [7, 11) is 0. The van der Waals surface area contributed by atoms with Crippen LogP contribution in [0.2, 0.25) is 5.02 Å². The van der Waals surface area contributed by atoms with E-state index in [4.69, 9.17) is 11.6 Å². The molecule has 0 unspecified atom stereocenters. The normalized spacial score (nSPS) is 13.9. The molecule has 3 rings (SSSR count). The van der Waals surface area contributed by atoms with Gasteiger partial charge in [-0.3, -0.25) is 9.69 Å². The third-order valence-electron chi connectivity index (χ3n) is 3.95. The predicted molar refractivity (Wildman–Crippen MR) is 89.0 cm³/mol. The van der Waals surface area contributed by atoms with Crippen LogP contribution in [0.25, 0.3) is 0 Å². The van der Waals surface area contributed by atoms with Gasteiger partial charge in [0.2, 0.25) is 0 Å². The highest BCUT2D eigenvalue weighted by atomic mass is 35.5. The second-order valence-electron chi connectivity index (χ2n) is 5.60. The highest BCUT2D eigenvalue weighted by molar-refractivity contribution is 6.30. The molecule has 0 radical (unpaired) electrons. The third-order valence-corrected chi connectivity index (χ3v) is 4.20. The van der Waals surface area contributed by atoms with Crippen LogP contribution in [0.5, 0.6) is 0 Å². The maximum Gasteiger partial charge on any atom is 0.251 e. The number of carbonyl (C=O) groups is 1. The van der Waals surface area contributed by atoms with Gasteiger partial charge in [-0.2, -0.15) is 0 Å². The minimum Gasteiger partial charge on any atom is -0.352 e. The number of halogens is 1. The lowest BCUT2D eigenvalue weighted by atomic mass is 10.1. The first-order valence-corrected chi connectivity index (χ1v) is 7.93. The number of rotatable bonds is 5. The summed E-state index contributed by atoms with van der Waals surface area (Å²) < 4.78 is 0. The second kappa shape index (κ2) is 6.95. The van der Waals surface area contributed by atoms with E-state index in [1.807, 2.05) is 0 Å². The van der Waals surface area contributed by atoms with Gasteiger partial charge in [-0.15, -0.1) is 0 Å². The molecular weight excluding hydrogens is 296 g/mol. The SMILES string of the molecule is O=C(NCCCN1Cc2ccccc2C1)c1ccc(Cl)cc1. The van der Waals surface area contributed by atoms with E-state index in [0.717, 1.165) is 26.1 Å². The van der Waals surface area contributed by atoms with E-state index in [0.29, 0.717) is 17.1 Å². The standard InChI is InChI=1S/C18H19ClN2O/c19-17-8-6-14(7-9-17)18(22)20-10-3-11-21-12-15-4-1-2-5-16(15)13-21/h1-2,4-9H,3,10-13H2,(H,20,22). The monoisotopic (exact) mass is 314 g/mol. The van der Waals surface area contributed by atoms with Crippen LogP contribution in [0.1, 0.15) is 27.9 Å². The van der Waals surface area contributed by atoms with Crippen LogP contribution >= 0.6 is 11.6 Å². The Morgan fingerprint density at radius 3 is 2.32 bits per heavy atom. The summed E-state index contributed by atoms with van der Waals surface area (Å²) in [4.78, 5) is 14.4. The number of nitrogens with one attached hydrogen (secondary N) is 1. The quantitative estimate of drug-likeness (QED) is 0.857. The number of nitrogens with zero attached hydrogens (tertiary/aromatic N) is 1. The molecule has 1 heterocycles. The number of benzene rings is 2. The lowest BCUT2D eigenvalue weighted by Crippen LogP contribution is -2.27. The zero-order chi connectivity index (χ0) is 15.4. The minimum atomic E-state index is -0.0404. The van der Waals surface area contributed by atoms with E-state index in [9.17, 15) is 4.79 Å². The highest BCUT2D eigenvalue weighted by Gasteiger charge is 2.17. The zero-order valence-electron chi connectivity index (χ0n) is 12.4. The molecule has 0 saturated carbocycles. The van der Waals surface area contributed by atoms with E-state index in [1.54, 1.807) is 24.3 Å². The Kier molecular flexibility index (Phi) is 4.76. The maximum absolute atomic E-state index is 12.0. The van der Waals surface area contributed by atoms with Crippen molar-refractivity contribution in [2.75, 3.05) is 13.1 Å². The highest BCUT2D eigenvalue weighted by Crippen LogP contribution is 2.21. The van der Waals surface area contributed by atoms with Gasteiger partial charge in [-0.25, -0.2) is 0 Å². The van der Waals surface area contributed by atoms with Gasteiger partial charge in [0.1, 0.15) is 0 Å². The van der Waals surface area contributed by atoms with Gasteiger partial charge in [0.05, 0.1) is 0 Å². The number of amides is 1. The largest absolute Gasteiger partial charge is 0.352 e. The van der Waals surface area contributed by atoms with Gasteiger partial charge in [0, 0.05) is 36.8 Å². The molecule has 0 atom stereocenters. The average Bonchev–Trinajstić information content (AvgIpc) is 2.95. The fourth-order valence-corrected chi connectivity index (χ4v) is 2.90. The van der Waals surface area contributed by atoms with Gasteiger partial charge < -0.3 is 5.32 Å². The molecule has 1 aliphatic heterocycles. The Labute approximate surface area is 135 Å². The van der Waals surface area contributed by atoms with Crippen LogP contribution < -0.4 is 5.32 Å². The van der Waals surface area contributed by atoms with Crippen molar-refractivity contribution in [3.05, 3.63) is 70.2 Å². The molecule has 22 heavy (non-hydrogen) atoms. The van der Waals surface area contributed by atoms with Crippen molar-refractivity contribution in [2.45, 2.75) is 19.5 Å². The van der Waals surface area contributed by atoms with Gasteiger partial charge in [0.15, 0.2) is 0 Å². The lowest BCUT2D eigenvalue weighted by molar-refractivity contribution is 0.0951. The van der Waals surface area contributed by atoms with Crippen LogP contribution in [-0.2, 0) is 13.1 Å². The molecule has 0 aromatic heterocycles.